The second-order valence-electron chi connectivity index (χ2n) is 6.00. The first-order valence-corrected chi connectivity index (χ1v) is 8.92. The lowest BCUT2D eigenvalue weighted by atomic mass is 9.85. The Labute approximate surface area is 123 Å². The number of nitrogens with zero attached hydrogens (tertiary/aromatic N) is 1. The minimum atomic E-state index is -3.80. The minimum absolute atomic E-state index is 0.0716. The van der Waals surface area contributed by atoms with Gasteiger partial charge < -0.3 is 9.88 Å². The summed E-state index contributed by atoms with van der Waals surface area (Å²) in [5.74, 6) is -0.172. The van der Waals surface area contributed by atoms with Crippen molar-refractivity contribution >= 4 is 25.6 Å². The van der Waals surface area contributed by atoms with Crippen molar-refractivity contribution in [3.05, 3.63) is 18.0 Å². The van der Waals surface area contributed by atoms with Crippen LogP contribution in [0.2, 0.25) is 0 Å². The van der Waals surface area contributed by atoms with E-state index in [9.17, 15) is 13.2 Å². The molecule has 20 heavy (non-hydrogen) atoms. The van der Waals surface area contributed by atoms with Gasteiger partial charge in [-0.05, 0) is 30.7 Å². The maximum Gasteiger partial charge on any atom is 0.270 e. The molecular formula is C13H19ClN2O3S. The smallest absolute Gasteiger partial charge is 0.270 e. The maximum absolute atomic E-state index is 12.4. The molecule has 0 aliphatic carbocycles. The summed E-state index contributed by atoms with van der Waals surface area (Å²) in [6, 6.07) is 1.29. The summed E-state index contributed by atoms with van der Waals surface area (Å²) in [6.45, 7) is 5.79. The monoisotopic (exact) mass is 318 g/mol. The Morgan fingerprint density at radius 1 is 1.35 bits per heavy atom. The zero-order valence-corrected chi connectivity index (χ0v) is 13.2. The van der Waals surface area contributed by atoms with Crippen molar-refractivity contribution in [2.24, 2.45) is 5.41 Å². The van der Waals surface area contributed by atoms with Gasteiger partial charge in [-0.3, -0.25) is 4.79 Å². The fourth-order valence-electron chi connectivity index (χ4n) is 2.44. The summed E-state index contributed by atoms with van der Waals surface area (Å²) in [4.78, 5) is 16.8. The summed E-state index contributed by atoms with van der Waals surface area (Å²) < 4.78 is 22.4. The van der Waals surface area contributed by atoms with Crippen LogP contribution in [0.4, 0.5) is 0 Å². The Balaban J connectivity index is 2.13. The van der Waals surface area contributed by atoms with Gasteiger partial charge in [-0.2, -0.15) is 0 Å². The number of aromatic amines is 1. The van der Waals surface area contributed by atoms with Gasteiger partial charge in [0.2, 0.25) is 0 Å². The van der Waals surface area contributed by atoms with Gasteiger partial charge in [0.15, 0.2) is 0 Å². The van der Waals surface area contributed by atoms with Gasteiger partial charge in [-0.15, -0.1) is 0 Å². The highest BCUT2D eigenvalue weighted by Crippen LogP contribution is 2.30. The van der Waals surface area contributed by atoms with Crippen LogP contribution in [0.1, 0.15) is 43.6 Å². The van der Waals surface area contributed by atoms with Crippen molar-refractivity contribution in [2.75, 3.05) is 13.1 Å². The largest absolute Gasteiger partial charge is 0.356 e. The predicted octanol–water partition coefficient (Wildman–Crippen LogP) is 2.59. The van der Waals surface area contributed by atoms with Crippen LogP contribution in [0.5, 0.6) is 0 Å². The van der Waals surface area contributed by atoms with E-state index in [0.29, 0.717) is 13.1 Å². The van der Waals surface area contributed by atoms with Crippen LogP contribution in [0.25, 0.3) is 0 Å². The number of H-pyrrole nitrogens is 1. The fourth-order valence-corrected chi connectivity index (χ4v) is 3.16. The topological polar surface area (TPSA) is 70.2 Å². The molecule has 1 aliphatic rings. The number of likely N-dealkylation sites (tertiary alicyclic amines) is 1. The highest BCUT2D eigenvalue weighted by atomic mass is 35.7. The van der Waals surface area contributed by atoms with E-state index in [4.69, 9.17) is 10.7 Å². The van der Waals surface area contributed by atoms with Crippen LogP contribution in [0.3, 0.4) is 0 Å². The fraction of sp³-hybridized carbons (Fsp3) is 0.615. The van der Waals surface area contributed by atoms with Gasteiger partial charge in [-0.1, -0.05) is 13.8 Å². The normalized spacial score (nSPS) is 19.6. The standard InChI is InChI=1S/C13H19ClN2O3S/c1-13(2)4-3-6-16(7-5-13)12(17)11-8-10(9-15-11)20(14,18)19/h8-9,15H,3-7H2,1-2H3. The molecule has 0 unspecified atom stereocenters. The molecule has 2 heterocycles. The number of carbonyl (C=O) groups excluding carboxylic acids is 1. The summed E-state index contributed by atoms with van der Waals surface area (Å²) in [6.07, 6.45) is 4.24. The highest BCUT2D eigenvalue weighted by Gasteiger charge is 2.27. The number of rotatable bonds is 2. The summed E-state index contributed by atoms with van der Waals surface area (Å²) in [5.41, 5.74) is 0.513. The number of hydrogen-bond acceptors (Lipinski definition) is 3. The van der Waals surface area contributed by atoms with E-state index in [1.165, 1.54) is 12.3 Å². The van der Waals surface area contributed by atoms with E-state index in [2.05, 4.69) is 18.8 Å². The lowest BCUT2D eigenvalue weighted by Gasteiger charge is -2.23. The minimum Gasteiger partial charge on any atom is -0.356 e. The van der Waals surface area contributed by atoms with Crippen LogP contribution in [0, 0.1) is 5.41 Å². The van der Waals surface area contributed by atoms with E-state index in [-0.39, 0.29) is 21.9 Å². The van der Waals surface area contributed by atoms with Gasteiger partial charge in [0.1, 0.15) is 10.6 Å². The molecule has 5 nitrogen and oxygen atoms in total. The molecule has 1 saturated heterocycles. The molecule has 0 spiro atoms. The lowest BCUT2D eigenvalue weighted by Crippen LogP contribution is -2.32. The molecule has 0 aromatic carbocycles. The molecule has 1 aromatic heterocycles. The Bertz CT molecular complexity index is 607. The molecule has 7 heteroatoms. The zero-order valence-electron chi connectivity index (χ0n) is 11.6. The molecule has 1 aromatic rings. The van der Waals surface area contributed by atoms with Crippen molar-refractivity contribution in [2.45, 2.75) is 38.0 Å². The van der Waals surface area contributed by atoms with E-state index in [0.717, 1.165) is 19.3 Å². The van der Waals surface area contributed by atoms with E-state index < -0.39 is 9.05 Å². The predicted molar refractivity (Wildman–Crippen MR) is 77.4 cm³/mol. The summed E-state index contributed by atoms with van der Waals surface area (Å²) in [5, 5.41) is 0. The third-order valence-electron chi connectivity index (χ3n) is 3.80. The highest BCUT2D eigenvalue weighted by molar-refractivity contribution is 8.13. The van der Waals surface area contributed by atoms with Crippen molar-refractivity contribution < 1.29 is 13.2 Å². The van der Waals surface area contributed by atoms with Crippen LogP contribution in [-0.4, -0.2) is 37.3 Å². The first kappa shape index (κ1) is 15.4. The summed E-state index contributed by atoms with van der Waals surface area (Å²) in [7, 11) is 1.45. The third-order valence-corrected chi connectivity index (χ3v) is 5.13. The second kappa shape index (κ2) is 5.41. The molecular weight excluding hydrogens is 300 g/mol. The van der Waals surface area contributed by atoms with Crippen molar-refractivity contribution in [1.29, 1.82) is 0 Å². The van der Waals surface area contributed by atoms with Gasteiger partial charge in [0.25, 0.3) is 15.0 Å². The first-order chi connectivity index (χ1) is 9.19. The number of aromatic nitrogens is 1. The average molecular weight is 319 g/mol. The second-order valence-corrected chi connectivity index (χ2v) is 8.56. The van der Waals surface area contributed by atoms with Gasteiger partial charge in [0, 0.05) is 30.0 Å². The number of hydrogen-bond donors (Lipinski definition) is 1. The summed E-state index contributed by atoms with van der Waals surface area (Å²) >= 11 is 0. The Kier molecular flexibility index (Phi) is 4.16. The number of nitrogens with one attached hydrogen (secondary N) is 1. The van der Waals surface area contributed by atoms with Gasteiger partial charge in [0.05, 0.1) is 0 Å². The Morgan fingerprint density at radius 3 is 2.65 bits per heavy atom. The molecule has 0 bridgehead atoms. The van der Waals surface area contributed by atoms with Gasteiger partial charge >= 0.3 is 0 Å². The van der Waals surface area contributed by atoms with Gasteiger partial charge in [-0.25, -0.2) is 8.42 Å². The lowest BCUT2D eigenvalue weighted by molar-refractivity contribution is 0.0752. The molecule has 1 fully saturated rings. The quantitative estimate of drug-likeness (QED) is 0.852. The first-order valence-electron chi connectivity index (χ1n) is 6.61. The van der Waals surface area contributed by atoms with E-state index in [1.807, 2.05) is 0 Å². The maximum atomic E-state index is 12.4. The van der Waals surface area contributed by atoms with Crippen LogP contribution < -0.4 is 0 Å². The molecule has 0 saturated carbocycles. The van der Waals surface area contributed by atoms with Crippen LogP contribution in [0.15, 0.2) is 17.2 Å². The molecule has 1 N–H and O–H groups in total. The molecule has 1 amide bonds. The SMILES string of the molecule is CC1(C)CCCN(C(=O)c2cc(S(=O)(=O)Cl)c[nH]2)CC1. The molecule has 1 aliphatic heterocycles. The zero-order chi connectivity index (χ0) is 15.0. The third kappa shape index (κ3) is 3.55. The van der Waals surface area contributed by atoms with Crippen LogP contribution in [-0.2, 0) is 9.05 Å². The number of carbonyl (C=O) groups is 1. The number of halogens is 1. The number of amides is 1. The van der Waals surface area contributed by atoms with Crippen molar-refractivity contribution in [1.82, 2.24) is 9.88 Å². The molecule has 0 atom stereocenters. The molecule has 2 rings (SSSR count). The van der Waals surface area contributed by atoms with E-state index >= 15 is 0 Å². The molecule has 112 valence electrons. The molecule has 0 radical (unpaired) electrons. The Hall–Kier alpha value is -1.01. The average Bonchev–Trinajstić information content (AvgIpc) is 2.75. The van der Waals surface area contributed by atoms with Crippen molar-refractivity contribution in [3.8, 4) is 0 Å². The van der Waals surface area contributed by atoms with Crippen LogP contribution >= 0.6 is 10.7 Å². The van der Waals surface area contributed by atoms with E-state index in [1.54, 1.807) is 4.90 Å². The van der Waals surface area contributed by atoms with Crippen molar-refractivity contribution in [3.63, 3.8) is 0 Å². The Morgan fingerprint density at radius 2 is 2.05 bits per heavy atom.